The summed E-state index contributed by atoms with van der Waals surface area (Å²) in [5.74, 6) is -0.0364. The first-order valence-electron chi connectivity index (χ1n) is 5.33. The number of phenols is 1. The smallest absolute Gasteiger partial charge is 0.235 e. The van der Waals surface area contributed by atoms with E-state index < -0.39 is 10.0 Å². The third kappa shape index (κ3) is 4.24. The van der Waals surface area contributed by atoms with Crippen LogP contribution in [0.25, 0.3) is 0 Å². The third-order valence-electron chi connectivity index (χ3n) is 2.27. The summed E-state index contributed by atoms with van der Waals surface area (Å²) in [4.78, 5) is 0. The molecule has 0 unspecified atom stereocenters. The molecule has 96 valence electrons. The number of benzene rings is 1. The Balaban J connectivity index is 2.73. The standard InChI is InChI=1S/C11H17NO4S/c1-3-16-7-8-17(14,15)12-10-5-4-6-11(13)9(10)2/h4-6,12-13H,3,7-8H2,1-2H3. The molecule has 0 aliphatic carbocycles. The van der Waals surface area contributed by atoms with Gasteiger partial charge in [0, 0.05) is 12.2 Å². The van der Waals surface area contributed by atoms with Gasteiger partial charge in [0.25, 0.3) is 0 Å². The van der Waals surface area contributed by atoms with Crippen LogP contribution in [0.5, 0.6) is 5.75 Å². The van der Waals surface area contributed by atoms with Crippen LogP contribution in [0.15, 0.2) is 18.2 Å². The first kappa shape index (κ1) is 13.8. The van der Waals surface area contributed by atoms with Crippen LogP contribution in [0.1, 0.15) is 12.5 Å². The molecule has 1 aromatic rings. The summed E-state index contributed by atoms with van der Waals surface area (Å²) in [7, 11) is -3.43. The fourth-order valence-corrected chi connectivity index (χ4v) is 2.26. The van der Waals surface area contributed by atoms with Crippen molar-refractivity contribution in [3.05, 3.63) is 23.8 Å². The highest BCUT2D eigenvalue weighted by Gasteiger charge is 2.12. The number of anilines is 1. The van der Waals surface area contributed by atoms with E-state index in [4.69, 9.17) is 4.74 Å². The van der Waals surface area contributed by atoms with Crippen molar-refractivity contribution in [1.82, 2.24) is 0 Å². The third-order valence-corrected chi connectivity index (χ3v) is 3.51. The normalized spacial score (nSPS) is 11.4. The molecule has 0 saturated heterocycles. The lowest BCUT2D eigenvalue weighted by Crippen LogP contribution is -2.20. The van der Waals surface area contributed by atoms with Gasteiger partial charge >= 0.3 is 0 Å². The van der Waals surface area contributed by atoms with Crippen LogP contribution < -0.4 is 4.72 Å². The lowest BCUT2D eigenvalue weighted by atomic mass is 10.2. The largest absolute Gasteiger partial charge is 0.508 e. The SMILES string of the molecule is CCOCCS(=O)(=O)Nc1cccc(O)c1C. The zero-order chi connectivity index (χ0) is 12.9. The molecule has 17 heavy (non-hydrogen) atoms. The van der Waals surface area contributed by atoms with Crippen molar-refractivity contribution in [3.8, 4) is 5.75 Å². The lowest BCUT2D eigenvalue weighted by Gasteiger charge is -2.11. The molecule has 0 saturated carbocycles. The van der Waals surface area contributed by atoms with E-state index in [0.717, 1.165) is 0 Å². The predicted molar refractivity (Wildman–Crippen MR) is 66.7 cm³/mol. The molecule has 6 heteroatoms. The highest BCUT2D eigenvalue weighted by Crippen LogP contribution is 2.24. The molecule has 0 bridgehead atoms. The van der Waals surface area contributed by atoms with Crippen molar-refractivity contribution in [3.63, 3.8) is 0 Å². The maximum atomic E-state index is 11.7. The molecule has 0 spiro atoms. The van der Waals surface area contributed by atoms with Gasteiger partial charge < -0.3 is 9.84 Å². The van der Waals surface area contributed by atoms with Crippen molar-refractivity contribution in [2.75, 3.05) is 23.7 Å². The van der Waals surface area contributed by atoms with Crippen molar-refractivity contribution in [2.24, 2.45) is 0 Å². The van der Waals surface area contributed by atoms with Gasteiger partial charge in [-0.2, -0.15) is 0 Å². The van der Waals surface area contributed by atoms with Crippen LogP contribution in [-0.2, 0) is 14.8 Å². The summed E-state index contributed by atoms with van der Waals surface area (Å²) < 4.78 is 30.7. The van der Waals surface area contributed by atoms with E-state index in [9.17, 15) is 13.5 Å². The Hall–Kier alpha value is -1.27. The maximum Gasteiger partial charge on any atom is 0.235 e. The number of rotatable bonds is 6. The highest BCUT2D eigenvalue weighted by atomic mass is 32.2. The van der Waals surface area contributed by atoms with Crippen LogP contribution in [-0.4, -0.2) is 32.5 Å². The fourth-order valence-electron chi connectivity index (χ4n) is 1.27. The molecule has 0 atom stereocenters. The van der Waals surface area contributed by atoms with Crippen molar-refractivity contribution in [1.29, 1.82) is 0 Å². The van der Waals surface area contributed by atoms with E-state index in [0.29, 0.717) is 17.9 Å². The molecule has 1 rings (SSSR count). The van der Waals surface area contributed by atoms with Crippen LogP contribution >= 0.6 is 0 Å². The quantitative estimate of drug-likeness (QED) is 0.759. The van der Waals surface area contributed by atoms with Gasteiger partial charge in [-0.1, -0.05) is 6.07 Å². The fraction of sp³-hybridized carbons (Fsp3) is 0.455. The molecule has 5 nitrogen and oxygen atoms in total. The van der Waals surface area contributed by atoms with E-state index in [-0.39, 0.29) is 18.1 Å². The molecular formula is C11H17NO4S. The Labute approximate surface area is 101 Å². The maximum absolute atomic E-state index is 11.7. The topological polar surface area (TPSA) is 75.6 Å². The monoisotopic (exact) mass is 259 g/mol. The second-order valence-corrected chi connectivity index (χ2v) is 5.41. The number of hydrogen-bond acceptors (Lipinski definition) is 4. The first-order chi connectivity index (χ1) is 7.96. The molecule has 0 aliphatic heterocycles. The van der Waals surface area contributed by atoms with E-state index in [1.165, 1.54) is 6.07 Å². The average Bonchev–Trinajstić information content (AvgIpc) is 2.25. The predicted octanol–water partition coefficient (Wildman–Crippen LogP) is 1.48. The Morgan fingerprint density at radius 2 is 2.12 bits per heavy atom. The van der Waals surface area contributed by atoms with Gasteiger partial charge in [0.2, 0.25) is 10.0 Å². The Morgan fingerprint density at radius 1 is 1.41 bits per heavy atom. The molecule has 0 heterocycles. The average molecular weight is 259 g/mol. The van der Waals surface area contributed by atoms with Gasteiger partial charge in [-0.05, 0) is 26.0 Å². The number of nitrogens with one attached hydrogen (secondary N) is 1. The van der Waals surface area contributed by atoms with Gasteiger partial charge in [-0.25, -0.2) is 8.42 Å². The molecule has 0 aliphatic rings. The number of sulfonamides is 1. The number of phenolic OH excluding ortho intramolecular Hbond substituents is 1. The zero-order valence-corrected chi connectivity index (χ0v) is 10.8. The van der Waals surface area contributed by atoms with Crippen molar-refractivity contribution >= 4 is 15.7 Å². The summed E-state index contributed by atoms with van der Waals surface area (Å²) in [6.45, 7) is 4.10. The Bertz CT molecular complexity index is 470. The summed E-state index contributed by atoms with van der Waals surface area (Å²) in [5, 5.41) is 9.45. The Kier molecular flexibility index (Phi) is 4.77. The summed E-state index contributed by atoms with van der Waals surface area (Å²) in [5.41, 5.74) is 0.897. The van der Waals surface area contributed by atoms with E-state index in [2.05, 4.69) is 4.72 Å². The summed E-state index contributed by atoms with van der Waals surface area (Å²) in [6.07, 6.45) is 0. The summed E-state index contributed by atoms with van der Waals surface area (Å²) in [6, 6.07) is 4.70. The molecule has 0 radical (unpaired) electrons. The minimum absolute atomic E-state index is 0.0648. The number of ether oxygens (including phenoxy) is 1. The molecule has 0 aromatic heterocycles. The minimum Gasteiger partial charge on any atom is -0.508 e. The highest BCUT2D eigenvalue weighted by molar-refractivity contribution is 7.92. The van der Waals surface area contributed by atoms with Crippen LogP contribution in [0, 0.1) is 6.92 Å². The minimum atomic E-state index is -3.43. The van der Waals surface area contributed by atoms with Crippen molar-refractivity contribution in [2.45, 2.75) is 13.8 Å². The lowest BCUT2D eigenvalue weighted by molar-refractivity contribution is 0.163. The zero-order valence-electron chi connectivity index (χ0n) is 9.93. The summed E-state index contributed by atoms with van der Waals surface area (Å²) >= 11 is 0. The van der Waals surface area contributed by atoms with Crippen LogP contribution in [0.3, 0.4) is 0 Å². The number of hydrogen-bond donors (Lipinski definition) is 2. The second kappa shape index (κ2) is 5.88. The van der Waals surface area contributed by atoms with Crippen LogP contribution in [0.2, 0.25) is 0 Å². The van der Waals surface area contributed by atoms with Gasteiger partial charge in [0.05, 0.1) is 18.0 Å². The molecule has 0 fully saturated rings. The van der Waals surface area contributed by atoms with Crippen LogP contribution in [0.4, 0.5) is 5.69 Å². The molecular weight excluding hydrogens is 242 g/mol. The van der Waals surface area contributed by atoms with E-state index >= 15 is 0 Å². The van der Waals surface area contributed by atoms with Gasteiger partial charge in [0.15, 0.2) is 0 Å². The van der Waals surface area contributed by atoms with E-state index in [1.54, 1.807) is 26.0 Å². The first-order valence-corrected chi connectivity index (χ1v) is 6.98. The molecule has 1 aromatic carbocycles. The van der Waals surface area contributed by atoms with Gasteiger partial charge in [0.1, 0.15) is 5.75 Å². The van der Waals surface area contributed by atoms with Crippen molar-refractivity contribution < 1.29 is 18.3 Å². The Morgan fingerprint density at radius 3 is 2.76 bits per heavy atom. The number of aromatic hydroxyl groups is 1. The molecule has 2 N–H and O–H groups in total. The van der Waals surface area contributed by atoms with Gasteiger partial charge in [-0.3, -0.25) is 4.72 Å². The second-order valence-electron chi connectivity index (χ2n) is 3.57. The van der Waals surface area contributed by atoms with Gasteiger partial charge in [-0.15, -0.1) is 0 Å². The molecule has 0 amide bonds. The van der Waals surface area contributed by atoms with E-state index in [1.807, 2.05) is 0 Å².